The number of nitrogens with one attached hydrogen (secondary N) is 1. The summed E-state index contributed by atoms with van der Waals surface area (Å²) in [6.07, 6.45) is 0.234. The lowest BCUT2D eigenvalue weighted by atomic mass is 10.0. The average Bonchev–Trinajstić information content (AvgIpc) is 3.02. The van der Waals surface area contributed by atoms with Crippen LogP contribution in [-0.4, -0.2) is 50.4 Å². The molecule has 8 nitrogen and oxygen atoms in total. The summed E-state index contributed by atoms with van der Waals surface area (Å²) in [5.74, 6) is -0.319. The molecule has 4 aromatic rings. The Balaban J connectivity index is 1.81. The molecule has 4 rings (SSSR count). The second kappa shape index (κ2) is 15.0. The van der Waals surface area contributed by atoms with Crippen molar-refractivity contribution in [2.45, 2.75) is 57.1 Å². The van der Waals surface area contributed by atoms with Gasteiger partial charge in [-0.2, -0.15) is 0 Å². The fourth-order valence-corrected chi connectivity index (χ4v) is 6.59. The van der Waals surface area contributed by atoms with Crippen LogP contribution in [0.2, 0.25) is 0 Å². The van der Waals surface area contributed by atoms with Gasteiger partial charge in [0.15, 0.2) is 0 Å². The minimum atomic E-state index is -4.19. The Kier molecular flexibility index (Phi) is 11.3. The van der Waals surface area contributed by atoms with Crippen molar-refractivity contribution in [1.82, 2.24) is 10.2 Å². The van der Waals surface area contributed by atoms with E-state index in [4.69, 9.17) is 4.74 Å². The van der Waals surface area contributed by atoms with E-state index in [1.54, 1.807) is 36.4 Å². The SMILES string of the molecule is COc1ccc(N(CC(=O)N(Cc2ccc(Br)cc2)[C@H](Cc2ccccc2)C(=O)NC(C)(C)C)S(=O)(=O)c2ccc(C)cc2)cc1. The van der Waals surface area contributed by atoms with Crippen molar-refractivity contribution in [1.29, 1.82) is 0 Å². The van der Waals surface area contributed by atoms with Crippen molar-refractivity contribution in [2.75, 3.05) is 18.0 Å². The molecule has 4 aromatic carbocycles. The molecule has 0 spiro atoms. The van der Waals surface area contributed by atoms with Crippen LogP contribution >= 0.6 is 15.9 Å². The summed E-state index contributed by atoms with van der Waals surface area (Å²) in [6.45, 7) is 7.06. The van der Waals surface area contributed by atoms with Crippen LogP contribution in [0.25, 0.3) is 0 Å². The lowest BCUT2D eigenvalue weighted by Crippen LogP contribution is -2.56. The van der Waals surface area contributed by atoms with Gasteiger partial charge in [0.2, 0.25) is 11.8 Å². The van der Waals surface area contributed by atoms with Gasteiger partial charge >= 0.3 is 0 Å². The number of carbonyl (C=O) groups excluding carboxylic acids is 2. The Hall–Kier alpha value is -4.15. The molecule has 0 aliphatic rings. The van der Waals surface area contributed by atoms with Gasteiger partial charge in [0.05, 0.1) is 17.7 Å². The van der Waals surface area contributed by atoms with E-state index < -0.39 is 34.1 Å². The number of benzene rings is 4. The molecule has 0 aliphatic heterocycles. The molecule has 0 saturated carbocycles. The summed E-state index contributed by atoms with van der Waals surface area (Å²) < 4.78 is 35.6. The smallest absolute Gasteiger partial charge is 0.264 e. The van der Waals surface area contributed by atoms with Gasteiger partial charge in [-0.3, -0.25) is 13.9 Å². The monoisotopic (exact) mass is 705 g/mol. The van der Waals surface area contributed by atoms with Gasteiger partial charge in [0.1, 0.15) is 18.3 Å². The largest absolute Gasteiger partial charge is 0.497 e. The van der Waals surface area contributed by atoms with Crippen molar-refractivity contribution < 1.29 is 22.7 Å². The molecule has 10 heteroatoms. The van der Waals surface area contributed by atoms with E-state index in [0.717, 1.165) is 25.5 Å². The third-order valence-electron chi connectivity index (χ3n) is 7.28. The Labute approximate surface area is 280 Å². The molecular weight excluding hydrogens is 666 g/mol. The first-order valence-electron chi connectivity index (χ1n) is 14.9. The van der Waals surface area contributed by atoms with Gasteiger partial charge < -0.3 is 15.0 Å². The van der Waals surface area contributed by atoms with E-state index in [-0.39, 0.29) is 29.5 Å². The van der Waals surface area contributed by atoms with Crippen LogP contribution in [-0.2, 0) is 32.6 Å². The molecular formula is C36H40BrN3O5S. The van der Waals surface area contributed by atoms with Crippen LogP contribution in [0.15, 0.2) is 112 Å². The second-order valence-electron chi connectivity index (χ2n) is 12.1. The lowest BCUT2D eigenvalue weighted by molar-refractivity contribution is -0.140. The number of sulfonamides is 1. The number of anilines is 1. The summed E-state index contributed by atoms with van der Waals surface area (Å²) in [4.78, 5) is 30.1. The fraction of sp³-hybridized carbons (Fsp3) is 0.278. The average molecular weight is 707 g/mol. The molecule has 1 atom stereocenters. The Bertz CT molecular complexity index is 1720. The molecule has 0 unspecified atom stereocenters. The molecule has 242 valence electrons. The van der Waals surface area contributed by atoms with Crippen LogP contribution in [0.4, 0.5) is 5.69 Å². The maximum Gasteiger partial charge on any atom is 0.264 e. The van der Waals surface area contributed by atoms with E-state index in [1.165, 1.54) is 24.1 Å². The van der Waals surface area contributed by atoms with E-state index >= 15 is 0 Å². The van der Waals surface area contributed by atoms with Gasteiger partial charge in [0.25, 0.3) is 10.0 Å². The number of hydrogen-bond donors (Lipinski definition) is 1. The number of nitrogens with zero attached hydrogens (tertiary/aromatic N) is 2. The van der Waals surface area contributed by atoms with Crippen LogP contribution in [0.3, 0.4) is 0 Å². The molecule has 0 aliphatic carbocycles. The predicted octanol–water partition coefficient (Wildman–Crippen LogP) is 6.52. The summed E-state index contributed by atoms with van der Waals surface area (Å²) in [7, 11) is -2.67. The van der Waals surface area contributed by atoms with E-state index in [0.29, 0.717) is 5.75 Å². The number of carbonyl (C=O) groups is 2. The first kappa shape index (κ1) is 34.7. The zero-order valence-corrected chi connectivity index (χ0v) is 29.1. The van der Waals surface area contributed by atoms with Crippen molar-refractivity contribution in [3.8, 4) is 5.75 Å². The predicted molar refractivity (Wildman–Crippen MR) is 185 cm³/mol. The lowest BCUT2D eigenvalue weighted by Gasteiger charge is -2.35. The maximum absolute atomic E-state index is 14.6. The molecule has 0 bridgehead atoms. The first-order chi connectivity index (χ1) is 21.8. The maximum atomic E-state index is 14.6. The minimum absolute atomic E-state index is 0.0486. The number of amides is 2. The number of aryl methyl sites for hydroxylation is 1. The van der Waals surface area contributed by atoms with E-state index in [1.807, 2.05) is 82.3 Å². The van der Waals surface area contributed by atoms with Crippen LogP contribution in [0.1, 0.15) is 37.5 Å². The number of ether oxygens (including phenoxy) is 1. The van der Waals surface area contributed by atoms with Crippen molar-refractivity contribution in [2.24, 2.45) is 0 Å². The number of halogens is 1. The van der Waals surface area contributed by atoms with Gasteiger partial charge in [-0.05, 0) is 87.4 Å². The highest BCUT2D eigenvalue weighted by atomic mass is 79.9. The molecule has 0 aromatic heterocycles. The van der Waals surface area contributed by atoms with E-state index in [9.17, 15) is 18.0 Å². The molecule has 0 fully saturated rings. The zero-order chi connectivity index (χ0) is 33.5. The van der Waals surface area contributed by atoms with Crippen LogP contribution in [0.5, 0.6) is 5.75 Å². The summed E-state index contributed by atoms with van der Waals surface area (Å²) in [6, 6.07) is 29.0. The number of hydrogen-bond acceptors (Lipinski definition) is 5. The highest BCUT2D eigenvalue weighted by Gasteiger charge is 2.35. The Morgan fingerprint density at radius 1 is 0.848 bits per heavy atom. The minimum Gasteiger partial charge on any atom is -0.497 e. The normalized spacial score (nSPS) is 12.2. The third-order valence-corrected chi connectivity index (χ3v) is 9.60. The zero-order valence-electron chi connectivity index (χ0n) is 26.7. The summed E-state index contributed by atoms with van der Waals surface area (Å²) >= 11 is 3.46. The van der Waals surface area contributed by atoms with Crippen LogP contribution < -0.4 is 14.4 Å². The van der Waals surface area contributed by atoms with Gasteiger partial charge in [-0.25, -0.2) is 8.42 Å². The Morgan fingerprint density at radius 3 is 2.02 bits per heavy atom. The topological polar surface area (TPSA) is 96.0 Å². The van der Waals surface area contributed by atoms with Crippen molar-refractivity contribution in [3.63, 3.8) is 0 Å². The van der Waals surface area contributed by atoms with E-state index in [2.05, 4.69) is 21.2 Å². The summed E-state index contributed by atoms with van der Waals surface area (Å²) in [5.41, 5.74) is 2.28. The van der Waals surface area contributed by atoms with Crippen molar-refractivity contribution in [3.05, 3.63) is 124 Å². The molecule has 46 heavy (non-hydrogen) atoms. The highest BCUT2D eigenvalue weighted by Crippen LogP contribution is 2.27. The quantitative estimate of drug-likeness (QED) is 0.181. The Morgan fingerprint density at radius 2 is 1.46 bits per heavy atom. The second-order valence-corrected chi connectivity index (χ2v) is 14.9. The highest BCUT2D eigenvalue weighted by molar-refractivity contribution is 9.10. The molecule has 0 radical (unpaired) electrons. The van der Waals surface area contributed by atoms with Gasteiger partial charge in [0, 0.05) is 23.0 Å². The molecule has 2 amide bonds. The molecule has 0 saturated heterocycles. The summed E-state index contributed by atoms with van der Waals surface area (Å²) in [5, 5.41) is 3.04. The molecule has 1 N–H and O–H groups in total. The first-order valence-corrected chi connectivity index (χ1v) is 17.1. The van der Waals surface area contributed by atoms with Gasteiger partial charge in [-0.15, -0.1) is 0 Å². The number of rotatable bonds is 12. The van der Waals surface area contributed by atoms with Crippen molar-refractivity contribution >= 4 is 43.5 Å². The van der Waals surface area contributed by atoms with Gasteiger partial charge in [-0.1, -0.05) is 76.1 Å². The fourth-order valence-electron chi connectivity index (χ4n) is 4.91. The van der Waals surface area contributed by atoms with Crippen LogP contribution in [0, 0.1) is 6.92 Å². The number of methoxy groups -OCH3 is 1. The standard InChI is InChI=1S/C36H40BrN3O5S/c1-26-11-21-32(22-12-26)46(43,44)40(30-17-19-31(45-5)20-18-30)25-34(41)39(24-28-13-15-29(37)16-14-28)33(35(42)38-36(2,3)4)23-27-9-7-6-8-10-27/h6-22,33H,23-25H2,1-5H3,(H,38,42)/t33-/m1/s1. The molecule has 0 heterocycles. The third kappa shape index (κ3) is 9.20.